The molecule has 2 rings (SSSR count). The molecule has 0 aliphatic carbocycles. The van der Waals surface area contributed by atoms with Gasteiger partial charge in [0.1, 0.15) is 0 Å². The van der Waals surface area contributed by atoms with Gasteiger partial charge in [-0.3, -0.25) is 0 Å². The Hall–Kier alpha value is -0.840. The molecule has 0 amide bonds. The highest BCUT2D eigenvalue weighted by atomic mass is 79.9. The smallest absolute Gasteiger partial charge is 0.0945 e. The number of aromatic nitrogens is 2. The normalized spacial score (nSPS) is 12.6. The highest BCUT2D eigenvalue weighted by Gasteiger charge is 2.08. The minimum Gasteiger partial charge on any atom is -0.337 e. The van der Waals surface area contributed by atoms with Gasteiger partial charge >= 0.3 is 0 Å². The van der Waals surface area contributed by atoms with Crippen molar-refractivity contribution in [3.8, 4) is 0 Å². The van der Waals surface area contributed by atoms with E-state index in [9.17, 15) is 0 Å². The summed E-state index contributed by atoms with van der Waals surface area (Å²) in [5.41, 5.74) is 1.13. The molecule has 0 saturated heterocycles. The van der Waals surface area contributed by atoms with Crippen LogP contribution in [0.5, 0.6) is 0 Å². The fourth-order valence-electron chi connectivity index (χ4n) is 1.96. The average molecular weight is 343 g/mol. The maximum Gasteiger partial charge on any atom is 0.0945 e. The van der Waals surface area contributed by atoms with Crippen molar-refractivity contribution in [3.63, 3.8) is 0 Å². The summed E-state index contributed by atoms with van der Waals surface area (Å²) in [4.78, 5) is 4.02. The van der Waals surface area contributed by atoms with Crippen LogP contribution in [0.1, 0.15) is 24.9 Å². The van der Waals surface area contributed by atoms with Crippen molar-refractivity contribution in [3.05, 3.63) is 52.0 Å². The molecule has 0 aliphatic rings. The third kappa shape index (κ3) is 4.34. The van der Waals surface area contributed by atoms with Crippen LogP contribution in [-0.4, -0.2) is 16.1 Å². The first-order chi connectivity index (χ1) is 9.16. The van der Waals surface area contributed by atoms with Crippen molar-refractivity contribution in [2.75, 3.05) is 6.54 Å². The Morgan fingerprint density at radius 1 is 1.47 bits per heavy atom. The number of imidazole rings is 1. The molecule has 1 aromatic heterocycles. The molecule has 1 atom stereocenters. The fraction of sp³-hybridized carbons (Fsp3) is 0.357. The Balaban J connectivity index is 1.79. The molecule has 0 fully saturated rings. The van der Waals surface area contributed by atoms with Gasteiger partial charge in [-0.05, 0) is 37.6 Å². The topological polar surface area (TPSA) is 29.9 Å². The maximum absolute atomic E-state index is 6.24. The number of hydrogen-bond acceptors (Lipinski definition) is 2. The minimum atomic E-state index is 0.253. The van der Waals surface area contributed by atoms with Crippen LogP contribution in [0.4, 0.5) is 0 Å². The first-order valence-corrected chi connectivity index (χ1v) is 7.48. The second kappa shape index (κ2) is 7.08. The highest BCUT2D eigenvalue weighted by Crippen LogP contribution is 2.26. The Morgan fingerprint density at radius 3 is 3.00 bits per heavy atom. The molecule has 3 nitrogen and oxygen atoms in total. The molecule has 0 aliphatic heterocycles. The Bertz CT molecular complexity index is 513. The van der Waals surface area contributed by atoms with Crippen molar-refractivity contribution in [1.29, 1.82) is 0 Å². The van der Waals surface area contributed by atoms with Crippen LogP contribution in [-0.2, 0) is 6.54 Å². The van der Waals surface area contributed by atoms with Crippen LogP contribution in [0.3, 0.4) is 0 Å². The number of nitrogens with zero attached hydrogens (tertiary/aromatic N) is 2. The van der Waals surface area contributed by atoms with Crippen LogP contribution in [0.2, 0.25) is 5.02 Å². The molecular weight excluding hydrogens is 326 g/mol. The van der Waals surface area contributed by atoms with Gasteiger partial charge in [-0.2, -0.15) is 0 Å². The summed E-state index contributed by atoms with van der Waals surface area (Å²) in [6.07, 6.45) is 6.69. The first kappa shape index (κ1) is 14.6. The Morgan fingerprint density at radius 2 is 2.32 bits per heavy atom. The molecule has 1 N–H and O–H groups in total. The van der Waals surface area contributed by atoms with Gasteiger partial charge in [0.05, 0.1) is 6.33 Å². The summed E-state index contributed by atoms with van der Waals surface area (Å²) in [6, 6.07) is 6.26. The summed E-state index contributed by atoms with van der Waals surface area (Å²) >= 11 is 9.65. The molecule has 5 heteroatoms. The second-order valence-electron chi connectivity index (χ2n) is 4.50. The predicted octanol–water partition coefficient (Wildman–Crippen LogP) is 4.04. The van der Waals surface area contributed by atoms with Gasteiger partial charge in [0.15, 0.2) is 0 Å². The third-order valence-electron chi connectivity index (χ3n) is 3.03. The monoisotopic (exact) mass is 341 g/mol. The van der Waals surface area contributed by atoms with E-state index in [2.05, 4.69) is 43.8 Å². The van der Waals surface area contributed by atoms with Crippen LogP contribution < -0.4 is 5.32 Å². The zero-order valence-corrected chi connectivity index (χ0v) is 13.2. The average Bonchev–Trinajstić information content (AvgIpc) is 2.87. The minimum absolute atomic E-state index is 0.253. The summed E-state index contributed by atoms with van der Waals surface area (Å²) in [6.45, 7) is 4.06. The fourth-order valence-corrected chi connectivity index (χ4v) is 2.80. The molecule has 0 bridgehead atoms. The lowest BCUT2D eigenvalue weighted by Gasteiger charge is -2.16. The van der Waals surface area contributed by atoms with Crippen molar-refractivity contribution < 1.29 is 0 Å². The zero-order chi connectivity index (χ0) is 13.7. The summed E-state index contributed by atoms with van der Waals surface area (Å²) in [5.74, 6) is 0. The predicted molar refractivity (Wildman–Crippen MR) is 82.4 cm³/mol. The van der Waals surface area contributed by atoms with Crippen molar-refractivity contribution in [2.45, 2.75) is 25.9 Å². The van der Waals surface area contributed by atoms with Crippen LogP contribution in [0.15, 0.2) is 41.4 Å². The molecule has 0 saturated carbocycles. The Kier molecular flexibility index (Phi) is 5.43. The number of benzene rings is 1. The van der Waals surface area contributed by atoms with Gasteiger partial charge in [-0.15, -0.1) is 0 Å². The van der Waals surface area contributed by atoms with E-state index in [4.69, 9.17) is 11.6 Å². The van der Waals surface area contributed by atoms with Crippen molar-refractivity contribution in [1.82, 2.24) is 14.9 Å². The first-order valence-electron chi connectivity index (χ1n) is 6.31. The number of nitrogens with one attached hydrogen (secondary N) is 1. The van der Waals surface area contributed by atoms with E-state index < -0.39 is 0 Å². The van der Waals surface area contributed by atoms with Crippen LogP contribution >= 0.6 is 27.5 Å². The number of halogens is 2. The van der Waals surface area contributed by atoms with Gasteiger partial charge < -0.3 is 9.88 Å². The van der Waals surface area contributed by atoms with Gasteiger partial charge in [0, 0.05) is 34.5 Å². The molecule has 0 spiro atoms. The molecule has 102 valence electrons. The molecule has 2 aromatic rings. The summed E-state index contributed by atoms with van der Waals surface area (Å²) in [5, 5.41) is 4.28. The molecule has 19 heavy (non-hydrogen) atoms. The van der Waals surface area contributed by atoms with Crippen molar-refractivity contribution in [2.24, 2.45) is 0 Å². The van der Waals surface area contributed by atoms with E-state index in [1.165, 1.54) is 0 Å². The summed E-state index contributed by atoms with van der Waals surface area (Å²) in [7, 11) is 0. The lowest BCUT2D eigenvalue weighted by atomic mass is 10.1. The summed E-state index contributed by atoms with van der Waals surface area (Å²) < 4.78 is 3.09. The van der Waals surface area contributed by atoms with E-state index in [0.717, 1.165) is 34.6 Å². The van der Waals surface area contributed by atoms with E-state index in [0.29, 0.717) is 0 Å². The number of aryl methyl sites for hydroxylation is 1. The number of hydrogen-bond donors (Lipinski definition) is 1. The molecular formula is C14H17BrClN3. The van der Waals surface area contributed by atoms with Gasteiger partial charge in [-0.1, -0.05) is 33.6 Å². The van der Waals surface area contributed by atoms with E-state index >= 15 is 0 Å². The van der Waals surface area contributed by atoms with E-state index in [-0.39, 0.29) is 6.04 Å². The lowest BCUT2D eigenvalue weighted by molar-refractivity contribution is 0.526. The van der Waals surface area contributed by atoms with E-state index in [1.54, 1.807) is 6.20 Å². The van der Waals surface area contributed by atoms with Crippen LogP contribution in [0, 0.1) is 0 Å². The molecule has 0 radical (unpaired) electrons. The van der Waals surface area contributed by atoms with Crippen molar-refractivity contribution >= 4 is 27.5 Å². The quantitative estimate of drug-likeness (QED) is 0.803. The molecule has 1 unspecified atom stereocenters. The van der Waals surface area contributed by atoms with Gasteiger partial charge in [0.25, 0.3) is 0 Å². The van der Waals surface area contributed by atoms with Crippen LogP contribution in [0.25, 0.3) is 0 Å². The van der Waals surface area contributed by atoms with E-state index in [1.807, 2.05) is 24.7 Å². The SMILES string of the molecule is CC(NCCCn1ccnc1)c1ccc(Br)cc1Cl. The number of rotatable bonds is 6. The maximum atomic E-state index is 6.24. The standard InChI is InChI=1S/C14H17BrClN3/c1-11(13-4-3-12(15)9-14(13)16)18-5-2-7-19-8-6-17-10-19/h3-4,6,8-11,18H,2,5,7H2,1H3. The lowest BCUT2D eigenvalue weighted by Crippen LogP contribution is -2.21. The Labute approximate surface area is 127 Å². The second-order valence-corrected chi connectivity index (χ2v) is 5.82. The highest BCUT2D eigenvalue weighted by molar-refractivity contribution is 9.10. The van der Waals surface area contributed by atoms with Gasteiger partial charge in [-0.25, -0.2) is 4.98 Å². The molecule has 1 heterocycles. The third-order valence-corrected chi connectivity index (χ3v) is 3.85. The largest absolute Gasteiger partial charge is 0.337 e. The van der Waals surface area contributed by atoms with Gasteiger partial charge in [0.2, 0.25) is 0 Å². The molecule has 1 aromatic carbocycles. The zero-order valence-electron chi connectivity index (χ0n) is 10.8.